The van der Waals surface area contributed by atoms with Crippen molar-refractivity contribution in [2.75, 3.05) is 0 Å². The van der Waals surface area contributed by atoms with Gasteiger partial charge in [0.05, 0.1) is 10.3 Å². The molecule has 0 fully saturated rings. The molecule has 0 saturated heterocycles. The van der Waals surface area contributed by atoms with Gasteiger partial charge >= 0.3 is 5.69 Å². The maximum absolute atomic E-state index is 11.7. The average Bonchev–Trinajstić information content (AvgIpc) is 2.23. The van der Waals surface area contributed by atoms with Crippen LogP contribution in [0.25, 0.3) is 10.9 Å². The largest absolute Gasteiger partial charge is 0.618 e. The summed E-state index contributed by atoms with van der Waals surface area (Å²) in [6, 6.07) is 8.19. The number of para-hydroxylation sites is 1. The van der Waals surface area contributed by atoms with E-state index in [1.165, 1.54) is 13.0 Å². The third-order valence-corrected chi connectivity index (χ3v) is 2.32. The summed E-state index contributed by atoms with van der Waals surface area (Å²) >= 11 is 0. The minimum atomic E-state index is -0.545. The molecule has 2 aromatic rings. The summed E-state index contributed by atoms with van der Waals surface area (Å²) in [5.74, 6) is 0. The van der Waals surface area contributed by atoms with Gasteiger partial charge in [-0.2, -0.15) is 4.73 Å². The van der Waals surface area contributed by atoms with Crippen molar-refractivity contribution in [2.24, 2.45) is 0 Å². The number of hydrogen-bond acceptors (Lipinski definition) is 3. The van der Waals surface area contributed by atoms with Crippen molar-refractivity contribution in [1.82, 2.24) is 0 Å². The topological polar surface area (TPSA) is 70.1 Å². The van der Waals surface area contributed by atoms with Crippen molar-refractivity contribution in [1.29, 1.82) is 0 Å². The van der Waals surface area contributed by atoms with Crippen molar-refractivity contribution in [2.45, 2.75) is 6.92 Å². The van der Waals surface area contributed by atoms with Gasteiger partial charge in [-0.3, -0.25) is 10.1 Å². The van der Waals surface area contributed by atoms with Crippen LogP contribution in [0.15, 0.2) is 30.3 Å². The zero-order chi connectivity index (χ0) is 11.0. The van der Waals surface area contributed by atoms with Crippen molar-refractivity contribution >= 4 is 16.6 Å². The highest BCUT2D eigenvalue weighted by Crippen LogP contribution is 2.20. The van der Waals surface area contributed by atoms with Gasteiger partial charge in [0.1, 0.15) is 0 Å². The van der Waals surface area contributed by atoms with Crippen LogP contribution in [0, 0.1) is 22.2 Å². The molecule has 0 aliphatic heterocycles. The fourth-order valence-corrected chi connectivity index (χ4v) is 1.52. The second-order valence-electron chi connectivity index (χ2n) is 3.23. The fourth-order valence-electron chi connectivity index (χ4n) is 1.52. The van der Waals surface area contributed by atoms with E-state index in [0.29, 0.717) is 15.6 Å². The van der Waals surface area contributed by atoms with Crippen molar-refractivity contribution in [3.8, 4) is 0 Å². The molecule has 5 nitrogen and oxygen atoms in total. The van der Waals surface area contributed by atoms with Crippen LogP contribution in [-0.4, -0.2) is 4.92 Å². The maximum Gasteiger partial charge on any atom is 0.337 e. The smallest absolute Gasteiger partial charge is 0.337 e. The van der Waals surface area contributed by atoms with Crippen molar-refractivity contribution in [3.63, 3.8) is 0 Å². The summed E-state index contributed by atoms with van der Waals surface area (Å²) in [5, 5.41) is 22.9. The van der Waals surface area contributed by atoms with Crippen LogP contribution in [-0.2, 0) is 0 Å². The summed E-state index contributed by atoms with van der Waals surface area (Å²) in [7, 11) is 0. The molecule has 76 valence electrons. The van der Waals surface area contributed by atoms with Gasteiger partial charge in [0.2, 0.25) is 5.52 Å². The Morgan fingerprint density at radius 2 is 2.00 bits per heavy atom. The summed E-state index contributed by atoms with van der Waals surface area (Å²) < 4.78 is 0.591. The van der Waals surface area contributed by atoms with E-state index in [1.54, 1.807) is 24.3 Å². The molecule has 1 aromatic heterocycles. The van der Waals surface area contributed by atoms with Gasteiger partial charge in [-0.05, 0) is 6.07 Å². The number of hydrogen-bond donors (Lipinski definition) is 0. The first-order chi connectivity index (χ1) is 7.11. The van der Waals surface area contributed by atoms with E-state index in [9.17, 15) is 15.3 Å². The van der Waals surface area contributed by atoms with Gasteiger partial charge in [-0.25, -0.2) is 0 Å². The van der Waals surface area contributed by atoms with Crippen molar-refractivity contribution in [3.05, 3.63) is 51.3 Å². The van der Waals surface area contributed by atoms with Crippen LogP contribution < -0.4 is 4.73 Å². The molecular weight excluding hydrogens is 196 g/mol. The molecule has 1 aromatic carbocycles. The average molecular weight is 204 g/mol. The normalized spacial score (nSPS) is 10.5. The zero-order valence-electron chi connectivity index (χ0n) is 8.01. The molecule has 0 spiro atoms. The molecule has 0 N–H and O–H groups in total. The van der Waals surface area contributed by atoms with Gasteiger partial charge in [-0.15, -0.1) is 0 Å². The van der Waals surface area contributed by atoms with E-state index < -0.39 is 4.92 Å². The van der Waals surface area contributed by atoms with E-state index in [4.69, 9.17) is 0 Å². The quantitative estimate of drug-likeness (QED) is 0.307. The van der Waals surface area contributed by atoms with E-state index in [-0.39, 0.29) is 11.4 Å². The molecule has 2 rings (SSSR count). The van der Waals surface area contributed by atoms with Crippen LogP contribution in [0.1, 0.15) is 5.69 Å². The Balaban J connectivity index is 2.88. The Kier molecular flexibility index (Phi) is 2.00. The first-order valence-corrected chi connectivity index (χ1v) is 4.37. The van der Waals surface area contributed by atoms with Crippen LogP contribution >= 0.6 is 0 Å². The summed E-state index contributed by atoms with van der Waals surface area (Å²) in [6.07, 6.45) is 0. The summed E-state index contributed by atoms with van der Waals surface area (Å²) in [5.41, 5.74) is 0.406. The zero-order valence-corrected chi connectivity index (χ0v) is 8.01. The highest BCUT2D eigenvalue weighted by Gasteiger charge is 2.21. The molecule has 1 heterocycles. The van der Waals surface area contributed by atoms with Crippen molar-refractivity contribution < 1.29 is 9.65 Å². The standard InChI is InChI=1S/C10H8N2O3/c1-7-10(12(14)15)6-8-4-2-3-5-9(8)11(7)13/h2-6H,1H3. The molecular formula is C10H8N2O3. The fraction of sp³-hybridized carbons (Fsp3) is 0.100. The number of pyridine rings is 1. The Morgan fingerprint density at radius 3 is 2.67 bits per heavy atom. The number of nitro groups is 1. The molecule has 15 heavy (non-hydrogen) atoms. The first-order valence-electron chi connectivity index (χ1n) is 4.37. The van der Waals surface area contributed by atoms with E-state index >= 15 is 0 Å². The minimum Gasteiger partial charge on any atom is -0.618 e. The minimum absolute atomic E-state index is 0.110. The number of aromatic nitrogens is 1. The highest BCUT2D eigenvalue weighted by atomic mass is 16.6. The lowest BCUT2D eigenvalue weighted by atomic mass is 10.2. The second kappa shape index (κ2) is 3.20. The van der Waals surface area contributed by atoms with Gasteiger partial charge in [0, 0.05) is 19.1 Å². The van der Waals surface area contributed by atoms with Gasteiger partial charge in [0.15, 0.2) is 0 Å². The first kappa shape index (κ1) is 9.39. The summed E-state index contributed by atoms with van der Waals surface area (Å²) in [6.45, 7) is 1.44. The molecule has 0 unspecified atom stereocenters. The Morgan fingerprint density at radius 1 is 1.33 bits per heavy atom. The van der Waals surface area contributed by atoms with Crippen LogP contribution in [0.2, 0.25) is 0 Å². The Labute approximate surface area is 85.3 Å². The van der Waals surface area contributed by atoms with E-state index in [1.807, 2.05) is 0 Å². The van der Waals surface area contributed by atoms with Crippen LogP contribution in [0.5, 0.6) is 0 Å². The molecule has 0 bridgehead atoms. The van der Waals surface area contributed by atoms with Gasteiger partial charge in [-0.1, -0.05) is 12.1 Å². The molecule has 0 atom stereocenters. The number of nitrogens with zero attached hydrogens (tertiary/aromatic N) is 2. The van der Waals surface area contributed by atoms with Crippen LogP contribution in [0.3, 0.4) is 0 Å². The summed E-state index contributed by atoms with van der Waals surface area (Å²) in [4.78, 5) is 10.1. The Hall–Kier alpha value is -2.17. The van der Waals surface area contributed by atoms with E-state index in [2.05, 4.69) is 0 Å². The molecule has 0 saturated carbocycles. The monoisotopic (exact) mass is 204 g/mol. The molecule has 5 heteroatoms. The maximum atomic E-state index is 11.7. The number of benzene rings is 1. The second-order valence-corrected chi connectivity index (χ2v) is 3.23. The third kappa shape index (κ3) is 1.38. The third-order valence-electron chi connectivity index (χ3n) is 2.32. The predicted octanol–water partition coefficient (Wildman–Crippen LogP) is 1.69. The van der Waals surface area contributed by atoms with Crippen LogP contribution in [0.4, 0.5) is 5.69 Å². The SMILES string of the molecule is Cc1c([N+](=O)[O-])cc2ccccc2[n+]1[O-]. The Bertz CT molecular complexity index is 552. The lowest BCUT2D eigenvalue weighted by Gasteiger charge is -2.04. The number of fused-ring (bicyclic) bond motifs is 1. The van der Waals surface area contributed by atoms with E-state index in [0.717, 1.165) is 0 Å². The molecule has 0 aliphatic rings. The lowest BCUT2D eigenvalue weighted by Crippen LogP contribution is -2.31. The predicted molar refractivity (Wildman–Crippen MR) is 54.3 cm³/mol. The molecule has 0 radical (unpaired) electrons. The molecule has 0 amide bonds. The lowest BCUT2D eigenvalue weighted by molar-refractivity contribution is -0.589. The molecule has 0 aliphatic carbocycles. The van der Waals surface area contributed by atoms with Gasteiger partial charge in [0.25, 0.3) is 5.69 Å². The van der Waals surface area contributed by atoms with Gasteiger partial charge < -0.3 is 5.21 Å². The number of rotatable bonds is 1. The highest BCUT2D eigenvalue weighted by molar-refractivity contribution is 5.78.